The van der Waals surface area contributed by atoms with E-state index in [1.165, 1.54) is 0 Å². The Hall–Kier alpha value is -0.700. The van der Waals surface area contributed by atoms with E-state index < -0.39 is 0 Å². The van der Waals surface area contributed by atoms with E-state index in [-0.39, 0.29) is 6.10 Å². The number of rotatable bonds is 1. The van der Waals surface area contributed by atoms with Gasteiger partial charge in [0.1, 0.15) is 12.7 Å². The van der Waals surface area contributed by atoms with Gasteiger partial charge in [-0.2, -0.15) is 0 Å². The van der Waals surface area contributed by atoms with Gasteiger partial charge in [-0.1, -0.05) is 0 Å². The van der Waals surface area contributed by atoms with Crippen LogP contribution >= 0.6 is 0 Å². The first-order valence-electron chi connectivity index (χ1n) is 2.96. The summed E-state index contributed by atoms with van der Waals surface area (Å²) in [6, 6.07) is 0. The smallest absolute Gasteiger partial charge is 0.115 e. The van der Waals surface area contributed by atoms with Crippen LogP contribution in [0.5, 0.6) is 0 Å². The predicted molar refractivity (Wildman–Crippen MR) is 33.9 cm³/mol. The SMILES string of the molecule is COC1CNC=COC1. The molecule has 0 aromatic carbocycles. The molecule has 0 aromatic rings. The second kappa shape index (κ2) is 3.35. The molecule has 1 N–H and O–H groups in total. The zero-order valence-electron chi connectivity index (χ0n) is 5.46. The Balaban J connectivity index is 2.26. The summed E-state index contributed by atoms with van der Waals surface area (Å²) in [5.74, 6) is 0. The fraction of sp³-hybridized carbons (Fsp3) is 0.667. The summed E-state index contributed by atoms with van der Waals surface area (Å²) in [6.07, 6.45) is 3.60. The van der Waals surface area contributed by atoms with Crippen LogP contribution in [-0.2, 0) is 9.47 Å². The van der Waals surface area contributed by atoms with Gasteiger partial charge in [-0.05, 0) is 0 Å². The van der Waals surface area contributed by atoms with Crippen molar-refractivity contribution in [2.75, 3.05) is 20.3 Å². The van der Waals surface area contributed by atoms with Crippen molar-refractivity contribution in [3.63, 3.8) is 0 Å². The monoisotopic (exact) mass is 129 g/mol. The summed E-state index contributed by atoms with van der Waals surface area (Å²) in [5.41, 5.74) is 0. The standard InChI is InChI=1S/C6H11NO2/c1-8-6-4-7-2-3-9-5-6/h2-3,6-7H,4-5H2,1H3. The lowest BCUT2D eigenvalue weighted by molar-refractivity contribution is 0.0499. The molecule has 0 fully saturated rings. The van der Waals surface area contributed by atoms with Crippen molar-refractivity contribution < 1.29 is 9.47 Å². The van der Waals surface area contributed by atoms with Crippen molar-refractivity contribution in [2.45, 2.75) is 6.10 Å². The van der Waals surface area contributed by atoms with E-state index in [0.29, 0.717) is 6.61 Å². The van der Waals surface area contributed by atoms with Crippen molar-refractivity contribution in [1.82, 2.24) is 5.32 Å². The fourth-order valence-electron chi connectivity index (χ4n) is 0.669. The first-order valence-corrected chi connectivity index (χ1v) is 2.96. The van der Waals surface area contributed by atoms with Gasteiger partial charge in [0.15, 0.2) is 0 Å². The van der Waals surface area contributed by atoms with Crippen LogP contribution in [0.25, 0.3) is 0 Å². The van der Waals surface area contributed by atoms with Gasteiger partial charge in [-0.3, -0.25) is 0 Å². The van der Waals surface area contributed by atoms with E-state index in [0.717, 1.165) is 6.54 Å². The highest BCUT2D eigenvalue weighted by Crippen LogP contribution is 1.93. The Morgan fingerprint density at radius 1 is 1.78 bits per heavy atom. The fourth-order valence-corrected chi connectivity index (χ4v) is 0.669. The summed E-state index contributed by atoms with van der Waals surface area (Å²) in [6.45, 7) is 1.47. The van der Waals surface area contributed by atoms with Crippen molar-refractivity contribution in [3.05, 3.63) is 12.5 Å². The molecule has 0 radical (unpaired) electrons. The quantitative estimate of drug-likeness (QED) is 0.544. The Labute approximate surface area is 54.6 Å². The van der Waals surface area contributed by atoms with Crippen LogP contribution in [-0.4, -0.2) is 26.4 Å². The Morgan fingerprint density at radius 3 is 3.44 bits per heavy atom. The molecule has 1 atom stereocenters. The van der Waals surface area contributed by atoms with E-state index >= 15 is 0 Å². The molecule has 1 heterocycles. The second-order valence-electron chi connectivity index (χ2n) is 1.90. The molecule has 9 heavy (non-hydrogen) atoms. The van der Waals surface area contributed by atoms with Gasteiger partial charge >= 0.3 is 0 Å². The molecule has 1 rings (SSSR count). The molecule has 52 valence electrons. The number of nitrogens with one attached hydrogen (secondary N) is 1. The third kappa shape index (κ3) is 1.93. The minimum absolute atomic E-state index is 0.181. The van der Waals surface area contributed by atoms with E-state index in [1.807, 2.05) is 0 Å². The van der Waals surface area contributed by atoms with Crippen LogP contribution in [0.1, 0.15) is 0 Å². The molecule has 0 saturated heterocycles. The molecule has 0 aromatic heterocycles. The molecule has 0 bridgehead atoms. The predicted octanol–water partition coefficient (Wildman–Crippen LogP) is 0.0924. The van der Waals surface area contributed by atoms with Gasteiger partial charge in [0, 0.05) is 19.9 Å². The summed E-state index contributed by atoms with van der Waals surface area (Å²) >= 11 is 0. The highest BCUT2D eigenvalue weighted by Gasteiger charge is 2.06. The molecule has 0 saturated carbocycles. The molecule has 1 unspecified atom stereocenters. The zero-order valence-corrected chi connectivity index (χ0v) is 5.46. The molecule has 0 spiro atoms. The minimum Gasteiger partial charge on any atom is -0.497 e. The third-order valence-electron chi connectivity index (χ3n) is 1.24. The maximum atomic E-state index is 5.04. The van der Waals surface area contributed by atoms with Crippen molar-refractivity contribution in [3.8, 4) is 0 Å². The van der Waals surface area contributed by atoms with E-state index in [1.54, 1.807) is 19.6 Å². The molecule has 0 aliphatic carbocycles. The summed E-state index contributed by atoms with van der Waals surface area (Å²) in [5, 5.41) is 3.02. The van der Waals surface area contributed by atoms with E-state index in [9.17, 15) is 0 Å². The Kier molecular flexibility index (Phi) is 2.39. The highest BCUT2D eigenvalue weighted by molar-refractivity contribution is 4.77. The van der Waals surface area contributed by atoms with E-state index in [2.05, 4.69) is 5.32 Å². The molecular weight excluding hydrogens is 118 g/mol. The van der Waals surface area contributed by atoms with Crippen LogP contribution in [0.4, 0.5) is 0 Å². The van der Waals surface area contributed by atoms with Gasteiger partial charge in [-0.25, -0.2) is 0 Å². The molecule has 3 nitrogen and oxygen atoms in total. The zero-order chi connectivity index (χ0) is 6.53. The van der Waals surface area contributed by atoms with E-state index in [4.69, 9.17) is 9.47 Å². The van der Waals surface area contributed by atoms with Crippen LogP contribution in [0.15, 0.2) is 12.5 Å². The number of methoxy groups -OCH3 is 1. The lowest BCUT2D eigenvalue weighted by Gasteiger charge is -2.10. The summed E-state index contributed by atoms with van der Waals surface area (Å²) in [4.78, 5) is 0. The largest absolute Gasteiger partial charge is 0.497 e. The number of hydrogen-bond acceptors (Lipinski definition) is 3. The lowest BCUT2D eigenvalue weighted by Crippen LogP contribution is -2.26. The Bertz CT molecular complexity index is 93.2. The van der Waals surface area contributed by atoms with Crippen LogP contribution in [0, 0.1) is 0 Å². The molecule has 1 aliphatic rings. The van der Waals surface area contributed by atoms with Gasteiger partial charge in [-0.15, -0.1) is 0 Å². The van der Waals surface area contributed by atoms with Crippen molar-refractivity contribution >= 4 is 0 Å². The molecular formula is C6H11NO2. The topological polar surface area (TPSA) is 30.5 Å². The molecule has 0 amide bonds. The lowest BCUT2D eigenvalue weighted by atomic mass is 10.4. The van der Waals surface area contributed by atoms with Gasteiger partial charge in [0.2, 0.25) is 0 Å². The first-order chi connectivity index (χ1) is 4.43. The van der Waals surface area contributed by atoms with Crippen LogP contribution < -0.4 is 5.32 Å². The molecule has 3 heteroatoms. The Morgan fingerprint density at radius 2 is 2.67 bits per heavy atom. The second-order valence-corrected chi connectivity index (χ2v) is 1.90. The average molecular weight is 129 g/mol. The van der Waals surface area contributed by atoms with Gasteiger partial charge < -0.3 is 14.8 Å². The average Bonchev–Trinajstić information content (AvgIpc) is 2.13. The molecule has 1 aliphatic heterocycles. The number of hydrogen-bond donors (Lipinski definition) is 1. The first kappa shape index (κ1) is 6.42. The maximum Gasteiger partial charge on any atom is 0.115 e. The normalized spacial score (nSPS) is 26.1. The summed E-state index contributed by atoms with van der Waals surface area (Å²) < 4.78 is 10.1. The van der Waals surface area contributed by atoms with Gasteiger partial charge in [0.05, 0.1) is 6.26 Å². The van der Waals surface area contributed by atoms with Gasteiger partial charge in [0.25, 0.3) is 0 Å². The number of ether oxygens (including phenoxy) is 2. The highest BCUT2D eigenvalue weighted by atomic mass is 16.5. The summed E-state index contributed by atoms with van der Waals surface area (Å²) in [7, 11) is 1.68. The maximum absolute atomic E-state index is 5.04. The minimum atomic E-state index is 0.181. The van der Waals surface area contributed by atoms with Crippen LogP contribution in [0.2, 0.25) is 0 Å². The van der Waals surface area contributed by atoms with Crippen molar-refractivity contribution in [1.29, 1.82) is 0 Å². The third-order valence-corrected chi connectivity index (χ3v) is 1.24. The van der Waals surface area contributed by atoms with Crippen molar-refractivity contribution in [2.24, 2.45) is 0 Å². The van der Waals surface area contributed by atoms with Crippen LogP contribution in [0.3, 0.4) is 0 Å².